The summed E-state index contributed by atoms with van der Waals surface area (Å²) in [6, 6.07) is -0.815. The van der Waals surface area contributed by atoms with Crippen molar-refractivity contribution in [1.82, 2.24) is 5.32 Å². The average Bonchev–Trinajstić information content (AvgIpc) is 3.41. The lowest BCUT2D eigenvalue weighted by molar-refractivity contribution is -0.302. The number of aliphatic hydroxyl groups excluding tert-OH is 5. The zero-order chi connectivity index (χ0) is 54.3. The molecule has 440 valence electrons. The molecular formula is C66H123NO8. The van der Waals surface area contributed by atoms with Crippen molar-refractivity contribution >= 4 is 5.91 Å². The second-order valence-corrected chi connectivity index (χ2v) is 22.6. The van der Waals surface area contributed by atoms with Gasteiger partial charge in [-0.2, -0.15) is 0 Å². The van der Waals surface area contributed by atoms with Crippen LogP contribution in [0.3, 0.4) is 0 Å². The van der Waals surface area contributed by atoms with Crippen LogP contribution in [-0.4, -0.2) is 87.5 Å². The molecule has 6 N–H and O–H groups in total. The number of unbranched alkanes of at least 4 members (excludes halogenated alkanes) is 40. The van der Waals surface area contributed by atoms with Crippen molar-refractivity contribution in [3.63, 3.8) is 0 Å². The van der Waals surface area contributed by atoms with Crippen LogP contribution < -0.4 is 5.32 Å². The molecule has 0 aromatic heterocycles. The molecule has 1 rings (SSSR count). The van der Waals surface area contributed by atoms with Gasteiger partial charge in [0.2, 0.25) is 5.91 Å². The van der Waals surface area contributed by atoms with E-state index < -0.39 is 49.5 Å². The Morgan fingerprint density at radius 2 is 0.787 bits per heavy atom. The molecule has 0 aromatic carbocycles. The van der Waals surface area contributed by atoms with Crippen molar-refractivity contribution in [1.29, 1.82) is 0 Å². The predicted molar refractivity (Wildman–Crippen MR) is 318 cm³/mol. The third-order valence-corrected chi connectivity index (χ3v) is 15.4. The zero-order valence-corrected chi connectivity index (χ0v) is 49.1. The van der Waals surface area contributed by atoms with Crippen LogP contribution in [-0.2, 0) is 14.3 Å². The van der Waals surface area contributed by atoms with E-state index in [0.717, 1.165) is 64.2 Å². The normalized spacial score (nSPS) is 19.2. The summed E-state index contributed by atoms with van der Waals surface area (Å²) < 4.78 is 11.3. The van der Waals surface area contributed by atoms with Crippen molar-refractivity contribution in [2.75, 3.05) is 13.2 Å². The molecule has 0 aliphatic carbocycles. The maximum Gasteiger partial charge on any atom is 0.220 e. The third kappa shape index (κ3) is 44.7. The average molecular weight is 1060 g/mol. The van der Waals surface area contributed by atoms with E-state index in [4.69, 9.17) is 9.47 Å². The molecule has 75 heavy (non-hydrogen) atoms. The Balaban J connectivity index is 2.14. The number of hydrogen-bond acceptors (Lipinski definition) is 8. The molecule has 0 aromatic rings. The Hall–Kier alpha value is -1.85. The number of ether oxygens (including phenoxy) is 2. The van der Waals surface area contributed by atoms with Crippen molar-refractivity contribution in [3.8, 4) is 0 Å². The Kier molecular flexibility index (Phi) is 52.6. The number of nitrogens with one attached hydrogen (secondary N) is 1. The number of hydrogen-bond donors (Lipinski definition) is 6. The van der Waals surface area contributed by atoms with E-state index in [0.29, 0.717) is 6.42 Å². The highest BCUT2D eigenvalue weighted by molar-refractivity contribution is 5.76. The first kappa shape index (κ1) is 71.2. The topological polar surface area (TPSA) is 149 Å². The number of rotatable bonds is 56. The minimum atomic E-state index is -1.57. The SMILES string of the molecule is CCCCC/C=C\C/C=C\C/C=C\CCCCCCCCC(=O)NC(COC1OC(CO)C(O)C(O)C1O)C(O)/C=C/CCCCCCCCCCCCCCCCCCCCCCCCCCCCCCCCC. The van der Waals surface area contributed by atoms with Crippen molar-refractivity contribution in [2.24, 2.45) is 0 Å². The molecular weight excluding hydrogens is 935 g/mol. The highest BCUT2D eigenvalue weighted by atomic mass is 16.7. The maximum atomic E-state index is 13.1. The first-order valence-corrected chi connectivity index (χ1v) is 32.4. The third-order valence-electron chi connectivity index (χ3n) is 15.4. The Morgan fingerprint density at radius 1 is 0.453 bits per heavy atom. The Labute approximate surface area is 463 Å². The molecule has 7 atom stereocenters. The number of carbonyl (C=O) groups is 1. The zero-order valence-electron chi connectivity index (χ0n) is 49.1. The highest BCUT2D eigenvalue weighted by Crippen LogP contribution is 2.23. The smallest absolute Gasteiger partial charge is 0.220 e. The standard InChI is InChI=1S/C66H123NO8/c1-3-5-7-9-11-13-15-17-19-21-23-24-25-26-27-28-29-30-31-32-33-34-35-36-38-39-41-43-45-47-49-51-53-55-60(69)59(58-74-66-65(73)64(72)63(71)61(57-68)75-66)67-62(70)56-54-52-50-48-46-44-42-40-37-22-20-18-16-14-12-10-8-6-4-2/h12,14,18,20,37,40,53,55,59-61,63-66,68-69,71-73H,3-11,13,15-17,19,21-36,38-39,41-52,54,56-58H2,1-2H3,(H,67,70)/b14-12-,20-18-,40-37-,55-53+. The van der Waals surface area contributed by atoms with Gasteiger partial charge in [0.05, 0.1) is 25.4 Å². The lowest BCUT2D eigenvalue weighted by atomic mass is 9.99. The molecule has 1 aliphatic heterocycles. The van der Waals surface area contributed by atoms with E-state index >= 15 is 0 Å². The van der Waals surface area contributed by atoms with Crippen LogP contribution in [0.1, 0.15) is 309 Å². The minimum Gasteiger partial charge on any atom is -0.394 e. The van der Waals surface area contributed by atoms with E-state index in [2.05, 4.69) is 55.6 Å². The maximum absolute atomic E-state index is 13.1. The van der Waals surface area contributed by atoms with E-state index in [-0.39, 0.29) is 12.5 Å². The molecule has 7 unspecified atom stereocenters. The van der Waals surface area contributed by atoms with E-state index in [1.807, 2.05) is 6.08 Å². The van der Waals surface area contributed by atoms with Crippen molar-refractivity contribution in [2.45, 2.75) is 352 Å². The molecule has 0 spiro atoms. The summed E-state index contributed by atoms with van der Waals surface area (Å²) in [7, 11) is 0. The second kappa shape index (κ2) is 55.5. The first-order valence-electron chi connectivity index (χ1n) is 32.4. The van der Waals surface area contributed by atoms with Gasteiger partial charge in [0.15, 0.2) is 6.29 Å². The quantitative estimate of drug-likeness (QED) is 0.0261. The summed E-state index contributed by atoms with van der Waals surface area (Å²) in [6.45, 7) is 3.77. The number of aliphatic hydroxyl groups is 5. The summed E-state index contributed by atoms with van der Waals surface area (Å²) in [5, 5.41) is 54.6. The van der Waals surface area contributed by atoms with Gasteiger partial charge in [0, 0.05) is 6.42 Å². The monoisotopic (exact) mass is 1060 g/mol. The Morgan fingerprint density at radius 3 is 1.19 bits per heavy atom. The molecule has 1 fully saturated rings. The highest BCUT2D eigenvalue weighted by Gasteiger charge is 2.44. The lowest BCUT2D eigenvalue weighted by Gasteiger charge is -2.40. The van der Waals surface area contributed by atoms with Crippen LogP contribution in [0.4, 0.5) is 0 Å². The van der Waals surface area contributed by atoms with E-state index in [1.54, 1.807) is 6.08 Å². The largest absolute Gasteiger partial charge is 0.394 e. The van der Waals surface area contributed by atoms with Gasteiger partial charge in [0.25, 0.3) is 0 Å². The Bertz CT molecular complexity index is 1320. The van der Waals surface area contributed by atoms with Gasteiger partial charge >= 0.3 is 0 Å². The van der Waals surface area contributed by atoms with Gasteiger partial charge in [-0.3, -0.25) is 4.79 Å². The summed E-state index contributed by atoms with van der Waals surface area (Å²) in [6.07, 6.45) is 67.8. The molecule has 0 saturated carbocycles. The molecule has 9 nitrogen and oxygen atoms in total. The van der Waals surface area contributed by atoms with E-state index in [1.165, 1.54) is 225 Å². The van der Waals surface area contributed by atoms with Gasteiger partial charge in [-0.1, -0.05) is 294 Å². The minimum absolute atomic E-state index is 0.187. The second-order valence-electron chi connectivity index (χ2n) is 22.6. The van der Waals surface area contributed by atoms with Gasteiger partial charge < -0.3 is 40.3 Å². The molecule has 1 aliphatic rings. The summed E-state index contributed by atoms with van der Waals surface area (Å²) in [5.74, 6) is -0.187. The van der Waals surface area contributed by atoms with Gasteiger partial charge in [-0.15, -0.1) is 0 Å². The van der Waals surface area contributed by atoms with Crippen LogP contribution in [0.5, 0.6) is 0 Å². The fourth-order valence-corrected chi connectivity index (χ4v) is 10.3. The van der Waals surface area contributed by atoms with Gasteiger partial charge in [-0.05, 0) is 57.8 Å². The number of allylic oxidation sites excluding steroid dienone is 7. The van der Waals surface area contributed by atoms with Crippen LogP contribution >= 0.6 is 0 Å². The molecule has 1 saturated heterocycles. The summed E-state index contributed by atoms with van der Waals surface area (Å²) in [4.78, 5) is 13.1. The fourth-order valence-electron chi connectivity index (χ4n) is 10.3. The number of carbonyl (C=O) groups excluding carboxylic acids is 1. The molecule has 0 bridgehead atoms. The van der Waals surface area contributed by atoms with Gasteiger partial charge in [0.1, 0.15) is 24.4 Å². The molecule has 1 heterocycles. The molecule has 0 radical (unpaired) electrons. The van der Waals surface area contributed by atoms with Gasteiger partial charge in [-0.25, -0.2) is 0 Å². The first-order chi connectivity index (χ1) is 36.8. The lowest BCUT2D eigenvalue weighted by Crippen LogP contribution is -2.60. The van der Waals surface area contributed by atoms with Crippen molar-refractivity contribution in [3.05, 3.63) is 48.6 Å². The predicted octanol–water partition coefficient (Wildman–Crippen LogP) is 16.9. The van der Waals surface area contributed by atoms with Crippen molar-refractivity contribution < 1.29 is 39.8 Å². The van der Waals surface area contributed by atoms with Crippen LogP contribution in [0.25, 0.3) is 0 Å². The van der Waals surface area contributed by atoms with E-state index in [9.17, 15) is 30.3 Å². The molecule has 1 amide bonds. The van der Waals surface area contributed by atoms with Crippen LogP contribution in [0.2, 0.25) is 0 Å². The fraction of sp³-hybridized carbons (Fsp3) is 0.864. The van der Waals surface area contributed by atoms with Crippen LogP contribution in [0, 0.1) is 0 Å². The summed E-state index contributed by atoms with van der Waals surface area (Å²) >= 11 is 0. The summed E-state index contributed by atoms with van der Waals surface area (Å²) in [5.41, 5.74) is 0. The van der Waals surface area contributed by atoms with Crippen LogP contribution in [0.15, 0.2) is 48.6 Å². The number of amides is 1. The molecule has 9 heteroatoms.